The number of hydrogen-bond donors (Lipinski definition) is 1. The molecule has 0 aliphatic rings. The fourth-order valence-corrected chi connectivity index (χ4v) is 1.85. The van der Waals surface area contributed by atoms with E-state index in [0.717, 1.165) is 16.7 Å². The van der Waals surface area contributed by atoms with E-state index < -0.39 is 0 Å². The molecular weight excluding hydrogens is 250 g/mol. The lowest BCUT2D eigenvalue weighted by molar-refractivity contribution is 0.0946. The fraction of sp³-hybridized carbons (Fsp3) is 0.188. The molecule has 0 atom stereocenters. The fourth-order valence-electron chi connectivity index (χ4n) is 1.85. The van der Waals surface area contributed by atoms with Crippen molar-refractivity contribution in [3.63, 3.8) is 0 Å². The summed E-state index contributed by atoms with van der Waals surface area (Å²) < 4.78 is 0. The summed E-state index contributed by atoms with van der Waals surface area (Å²) in [5.74, 6) is -0.240. The Labute approximate surface area is 118 Å². The Balaban J connectivity index is 2.04. The topological polar surface area (TPSA) is 65.8 Å². The van der Waals surface area contributed by atoms with Gasteiger partial charge in [0.2, 0.25) is 0 Å². The third kappa shape index (κ3) is 3.21. The molecule has 0 bridgehead atoms. The van der Waals surface area contributed by atoms with Crippen LogP contribution in [0.4, 0.5) is 0 Å². The summed E-state index contributed by atoms with van der Waals surface area (Å²) in [6.45, 7) is 4.50. The Morgan fingerprint density at radius 2 is 2.10 bits per heavy atom. The first-order valence-electron chi connectivity index (χ1n) is 6.30. The van der Waals surface area contributed by atoms with Gasteiger partial charge in [-0.1, -0.05) is 23.8 Å². The smallest absolute Gasteiger partial charge is 0.270 e. The molecule has 100 valence electrons. The molecule has 0 radical (unpaired) electrons. The van der Waals surface area contributed by atoms with Gasteiger partial charge in [0.05, 0.1) is 5.56 Å². The van der Waals surface area contributed by atoms with Gasteiger partial charge < -0.3 is 5.32 Å². The molecular formula is C16H15N3O. The van der Waals surface area contributed by atoms with Crippen molar-refractivity contribution in [1.29, 1.82) is 5.26 Å². The Kier molecular flexibility index (Phi) is 4.11. The molecule has 1 amide bonds. The van der Waals surface area contributed by atoms with E-state index in [1.165, 1.54) is 6.20 Å². The van der Waals surface area contributed by atoms with Gasteiger partial charge in [0.1, 0.15) is 11.8 Å². The van der Waals surface area contributed by atoms with Crippen LogP contribution in [0.3, 0.4) is 0 Å². The van der Waals surface area contributed by atoms with Crippen LogP contribution in [0.1, 0.15) is 32.7 Å². The van der Waals surface area contributed by atoms with Crippen LogP contribution in [0.25, 0.3) is 0 Å². The highest BCUT2D eigenvalue weighted by Gasteiger charge is 2.07. The Morgan fingerprint density at radius 3 is 2.75 bits per heavy atom. The van der Waals surface area contributed by atoms with E-state index >= 15 is 0 Å². The lowest BCUT2D eigenvalue weighted by Crippen LogP contribution is -2.24. The highest BCUT2D eigenvalue weighted by molar-refractivity contribution is 5.92. The number of benzene rings is 1. The molecule has 1 N–H and O–H groups in total. The highest BCUT2D eigenvalue weighted by atomic mass is 16.1. The minimum Gasteiger partial charge on any atom is -0.347 e. The van der Waals surface area contributed by atoms with Crippen molar-refractivity contribution < 1.29 is 4.79 Å². The molecule has 1 heterocycles. The maximum absolute atomic E-state index is 12.0. The van der Waals surface area contributed by atoms with Crippen molar-refractivity contribution in [1.82, 2.24) is 10.3 Å². The van der Waals surface area contributed by atoms with Gasteiger partial charge in [-0.3, -0.25) is 4.79 Å². The summed E-state index contributed by atoms with van der Waals surface area (Å²) >= 11 is 0. The largest absolute Gasteiger partial charge is 0.347 e. The average molecular weight is 265 g/mol. The van der Waals surface area contributed by atoms with Crippen molar-refractivity contribution in [3.8, 4) is 6.07 Å². The van der Waals surface area contributed by atoms with Crippen LogP contribution in [0.2, 0.25) is 0 Å². The number of pyridine rings is 1. The van der Waals surface area contributed by atoms with Crippen LogP contribution in [-0.2, 0) is 6.54 Å². The van der Waals surface area contributed by atoms with Crippen LogP contribution in [-0.4, -0.2) is 10.9 Å². The van der Waals surface area contributed by atoms with Crippen molar-refractivity contribution in [2.24, 2.45) is 0 Å². The molecule has 4 nitrogen and oxygen atoms in total. The van der Waals surface area contributed by atoms with E-state index in [1.54, 1.807) is 12.1 Å². The maximum Gasteiger partial charge on any atom is 0.270 e. The molecule has 1 aromatic carbocycles. The van der Waals surface area contributed by atoms with E-state index in [2.05, 4.69) is 16.4 Å². The second-order valence-corrected chi connectivity index (χ2v) is 4.66. The standard InChI is InChI=1S/C16H15N3O/c1-11-3-4-12(2)14(7-11)10-19-16(20)15-6-5-13(8-17)9-18-15/h3-7,9H,10H2,1-2H3,(H,19,20). The number of nitriles is 1. The summed E-state index contributed by atoms with van der Waals surface area (Å²) in [6.07, 6.45) is 1.40. The van der Waals surface area contributed by atoms with E-state index in [9.17, 15) is 4.79 Å². The molecule has 0 aliphatic heterocycles. The maximum atomic E-state index is 12.0. The predicted molar refractivity (Wildman–Crippen MR) is 76.0 cm³/mol. The number of aromatic nitrogens is 1. The molecule has 0 spiro atoms. The highest BCUT2D eigenvalue weighted by Crippen LogP contribution is 2.10. The van der Waals surface area contributed by atoms with Crippen LogP contribution < -0.4 is 5.32 Å². The van der Waals surface area contributed by atoms with Gasteiger partial charge in [-0.2, -0.15) is 5.26 Å². The summed E-state index contributed by atoms with van der Waals surface area (Å²) in [6, 6.07) is 11.2. The molecule has 0 unspecified atom stereocenters. The third-order valence-corrected chi connectivity index (χ3v) is 3.07. The summed E-state index contributed by atoms with van der Waals surface area (Å²) in [4.78, 5) is 15.9. The number of nitrogens with zero attached hydrogens (tertiary/aromatic N) is 2. The Bertz CT molecular complexity index is 669. The summed E-state index contributed by atoms with van der Waals surface area (Å²) in [5.41, 5.74) is 4.15. The number of amides is 1. The van der Waals surface area contributed by atoms with Gasteiger partial charge in [-0.25, -0.2) is 4.98 Å². The van der Waals surface area contributed by atoms with Gasteiger partial charge in [0.15, 0.2) is 0 Å². The van der Waals surface area contributed by atoms with E-state index in [0.29, 0.717) is 17.8 Å². The minimum absolute atomic E-state index is 0.240. The average Bonchev–Trinajstić information content (AvgIpc) is 2.48. The number of nitrogens with one attached hydrogen (secondary N) is 1. The quantitative estimate of drug-likeness (QED) is 0.927. The van der Waals surface area contributed by atoms with Crippen LogP contribution in [0, 0.1) is 25.2 Å². The molecule has 20 heavy (non-hydrogen) atoms. The summed E-state index contributed by atoms with van der Waals surface area (Å²) in [5, 5.41) is 11.5. The first kappa shape index (κ1) is 13.8. The second kappa shape index (κ2) is 5.98. The number of rotatable bonds is 3. The SMILES string of the molecule is Cc1ccc(C)c(CNC(=O)c2ccc(C#N)cn2)c1. The van der Waals surface area contributed by atoms with E-state index in [4.69, 9.17) is 5.26 Å². The molecule has 2 rings (SSSR count). The third-order valence-electron chi connectivity index (χ3n) is 3.07. The number of carbonyl (C=O) groups excluding carboxylic acids is 1. The van der Waals surface area contributed by atoms with Crippen LogP contribution in [0.5, 0.6) is 0 Å². The van der Waals surface area contributed by atoms with E-state index in [-0.39, 0.29) is 5.91 Å². The van der Waals surface area contributed by atoms with Gasteiger partial charge in [-0.15, -0.1) is 0 Å². The lowest BCUT2D eigenvalue weighted by Gasteiger charge is -2.08. The zero-order chi connectivity index (χ0) is 14.5. The zero-order valence-corrected chi connectivity index (χ0v) is 11.5. The monoisotopic (exact) mass is 265 g/mol. The van der Waals surface area contributed by atoms with Crippen molar-refractivity contribution in [2.75, 3.05) is 0 Å². The lowest BCUT2D eigenvalue weighted by atomic mass is 10.1. The van der Waals surface area contributed by atoms with Gasteiger partial charge in [0, 0.05) is 12.7 Å². The molecule has 1 aromatic heterocycles. The Hall–Kier alpha value is -2.67. The minimum atomic E-state index is -0.240. The molecule has 0 aliphatic carbocycles. The summed E-state index contributed by atoms with van der Waals surface area (Å²) in [7, 11) is 0. The van der Waals surface area contributed by atoms with Crippen LogP contribution in [0.15, 0.2) is 36.5 Å². The van der Waals surface area contributed by atoms with Gasteiger partial charge in [0.25, 0.3) is 5.91 Å². The second-order valence-electron chi connectivity index (χ2n) is 4.66. The number of aryl methyl sites for hydroxylation is 2. The van der Waals surface area contributed by atoms with Gasteiger partial charge in [-0.05, 0) is 37.1 Å². The zero-order valence-electron chi connectivity index (χ0n) is 11.5. The van der Waals surface area contributed by atoms with Crippen molar-refractivity contribution in [3.05, 3.63) is 64.5 Å². The van der Waals surface area contributed by atoms with Crippen LogP contribution >= 0.6 is 0 Å². The van der Waals surface area contributed by atoms with E-state index in [1.807, 2.05) is 32.0 Å². The molecule has 4 heteroatoms. The normalized spacial score (nSPS) is 9.85. The molecule has 0 fully saturated rings. The first-order valence-corrected chi connectivity index (χ1v) is 6.30. The molecule has 0 saturated heterocycles. The molecule has 2 aromatic rings. The predicted octanol–water partition coefficient (Wildman–Crippen LogP) is 2.50. The number of hydrogen-bond acceptors (Lipinski definition) is 3. The van der Waals surface area contributed by atoms with Crippen molar-refractivity contribution in [2.45, 2.75) is 20.4 Å². The first-order chi connectivity index (χ1) is 9.60. The molecule has 0 saturated carbocycles. The van der Waals surface area contributed by atoms with Crippen molar-refractivity contribution >= 4 is 5.91 Å². The Morgan fingerprint density at radius 1 is 1.30 bits per heavy atom. The number of carbonyl (C=O) groups is 1. The van der Waals surface area contributed by atoms with Gasteiger partial charge >= 0.3 is 0 Å².